The van der Waals surface area contributed by atoms with Crippen molar-refractivity contribution >= 4 is 15.9 Å². The van der Waals surface area contributed by atoms with Crippen molar-refractivity contribution in [2.45, 2.75) is 25.5 Å². The molecule has 1 aliphatic rings. The summed E-state index contributed by atoms with van der Waals surface area (Å²) >= 11 is 3.49. The van der Waals surface area contributed by atoms with E-state index in [-0.39, 0.29) is 0 Å². The van der Waals surface area contributed by atoms with Gasteiger partial charge in [-0.25, -0.2) is 0 Å². The molecule has 0 radical (unpaired) electrons. The summed E-state index contributed by atoms with van der Waals surface area (Å²) in [6, 6.07) is 5.95. The molecule has 0 aromatic heterocycles. The number of ether oxygens (including phenoxy) is 1. The van der Waals surface area contributed by atoms with Crippen LogP contribution in [0.4, 0.5) is 0 Å². The monoisotopic (exact) mass is 241 g/mol. The third kappa shape index (κ3) is 2.03. The highest BCUT2D eigenvalue weighted by Gasteiger charge is 2.24. The van der Waals surface area contributed by atoms with Crippen LogP contribution in [0.3, 0.4) is 0 Å². The Kier molecular flexibility index (Phi) is 2.56. The van der Waals surface area contributed by atoms with E-state index >= 15 is 0 Å². The van der Waals surface area contributed by atoms with E-state index < -0.39 is 0 Å². The highest BCUT2D eigenvalue weighted by molar-refractivity contribution is 9.10. The van der Waals surface area contributed by atoms with Gasteiger partial charge in [0.2, 0.25) is 0 Å². The predicted octanol–water partition coefficient (Wildman–Crippen LogP) is 2.45. The molecule has 0 atom stereocenters. The van der Waals surface area contributed by atoms with Gasteiger partial charge in [-0.05, 0) is 40.4 Å². The van der Waals surface area contributed by atoms with Crippen LogP contribution in [0.15, 0.2) is 22.7 Å². The summed E-state index contributed by atoms with van der Waals surface area (Å²) < 4.78 is 6.70. The summed E-state index contributed by atoms with van der Waals surface area (Å²) in [4.78, 5) is 0. The van der Waals surface area contributed by atoms with Gasteiger partial charge in [-0.2, -0.15) is 0 Å². The van der Waals surface area contributed by atoms with Crippen molar-refractivity contribution in [3.63, 3.8) is 0 Å². The minimum absolute atomic E-state index is 0.435. The van der Waals surface area contributed by atoms with E-state index in [0.29, 0.717) is 12.6 Å². The molecule has 0 unspecified atom stereocenters. The quantitative estimate of drug-likeness (QED) is 0.883. The molecule has 1 saturated carbocycles. The number of nitrogens with two attached hydrogens (primary N) is 1. The molecule has 2 nitrogen and oxygen atoms in total. The third-order valence-corrected chi connectivity index (χ3v) is 2.98. The number of halogens is 1. The second kappa shape index (κ2) is 3.68. The van der Waals surface area contributed by atoms with Gasteiger partial charge >= 0.3 is 0 Å². The summed E-state index contributed by atoms with van der Waals surface area (Å²) in [5, 5.41) is 0. The van der Waals surface area contributed by atoms with E-state index in [1.165, 1.54) is 12.8 Å². The Morgan fingerprint density at radius 1 is 1.46 bits per heavy atom. The lowest BCUT2D eigenvalue weighted by Gasteiger charge is -2.09. The van der Waals surface area contributed by atoms with E-state index in [0.717, 1.165) is 15.8 Å². The summed E-state index contributed by atoms with van der Waals surface area (Å²) in [5.74, 6) is 0.922. The van der Waals surface area contributed by atoms with E-state index in [1.54, 1.807) is 0 Å². The molecule has 1 aromatic rings. The van der Waals surface area contributed by atoms with Crippen LogP contribution in [0, 0.1) is 0 Å². The van der Waals surface area contributed by atoms with Gasteiger partial charge in [0.25, 0.3) is 0 Å². The molecule has 0 aliphatic heterocycles. The maximum Gasteiger partial charge on any atom is 0.134 e. The molecule has 3 heteroatoms. The van der Waals surface area contributed by atoms with Crippen molar-refractivity contribution in [2.75, 3.05) is 0 Å². The Hall–Kier alpha value is -0.540. The predicted molar refractivity (Wildman–Crippen MR) is 55.7 cm³/mol. The van der Waals surface area contributed by atoms with Gasteiger partial charge < -0.3 is 10.5 Å². The van der Waals surface area contributed by atoms with E-state index in [9.17, 15) is 0 Å². The van der Waals surface area contributed by atoms with Crippen molar-refractivity contribution in [3.8, 4) is 5.75 Å². The summed E-state index contributed by atoms with van der Waals surface area (Å²) in [6.07, 6.45) is 2.79. The van der Waals surface area contributed by atoms with Gasteiger partial charge in [0.15, 0.2) is 0 Å². The average molecular weight is 242 g/mol. The van der Waals surface area contributed by atoms with E-state index in [1.807, 2.05) is 18.2 Å². The topological polar surface area (TPSA) is 35.2 Å². The molecule has 0 bridgehead atoms. The molecule has 1 aromatic carbocycles. The zero-order chi connectivity index (χ0) is 9.26. The van der Waals surface area contributed by atoms with Crippen LogP contribution in [0.1, 0.15) is 18.4 Å². The first-order valence-electron chi connectivity index (χ1n) is 4.45. The molecule has 70 valence electrons. The van der Waals surface area contributed by atoms with Gasteiger partial charge in [0, 0.05) is 6.54 Å². The van der Waals surface area contributed by atoms with E-state index in [4.69, 9.17) is 10.5 Å². The van der Waals surface area contributed by atoms with Crippen molar-refractivity contribution in [1.29, 1.82) is 0 Å². The Bertz CT molecular complexity index is 310. The van der Waals surface area contributed by atoms with Gasteiger partial charge in [0.1, 0.15) is 5.75 Å². The van der Waals surface area contributed by atoms with Crippen molar-refractivity contribution in [3.05, 3.63) is 28.2 Å². The molecule has 0 saturated heterocycles. The Morgan fingerprint density at radius 3 is 2.85 bits per heavy atom. The number of hydrogen-bond acceptors (Lipinski definition) is 2. The van der Waals surface area contributed by atoms with Gasteiger partial charge in [-0.15, -0.1) is 0 Å². The molecule has 0 amide bonds. The van der Waals surface area contributed by atoms with Crippen molar-refractivity contribution in [1.82, 2.24) is 0 Å². The molecular formula is C10H12BrNO. The third-order valence-electron chi connectivity index (χ3n) is 2.08. The molecule has 1 aliphatic carbocycles. The second-order valence-electron chi connectivity index (χ2n) is 3.25. The maximum atomic E-state index is 5.70. The zero-order valence-corrected chi connectivity index (χ0v) is 8.88. The van der Waals surface area contributed by atoms with Gasteiger partial charge in [-0.3, -0.25) is 0 Å². The fourth-order valence-corrected chi connectivity index (χ4v) is 1.69. The summed E-state index contributed by atoms with van der Waals surface area (Å²) in [7, 11) is 0. The highest BCUT2D eigenvalue weighted by atomic mass is 79.9. The second-order valence-corrected chi connectivity index (χ2v) is 4.04. The molecule has 0 heterocycles. The van der Waals surface area contributed by atoms with Gasteiger partial charge in [0.05, 0.1) is 10.6 Å². The van der Waals surface area contributed by atoms with Crippen molar-refractivity contribution in [2.24, 2.45) is 5.73 Å². The zero-order valence-electron chi connectivity index (χ0n) is 7.29. The Balaban J connectivity index is 2.22. The first-order valence-corrected chi connectivity index (χ1v) is 5.24. The SMILES string of the molecule is NCc1cccc(OC2CC2)c1Br. The minimum atomic E-state index is 0.435. The van der Waals surface area contributed by atoms with Crippen LogP contribution in [0.5, 0.6) is 5.75 Å². The molecule has 1 fully saturated rings. The highest BCUT2D eigenvalue weighted by Crippen LogP contribution is 2.33. The first kappa shape index (κ1) is 9.03. The van der Waals surface area contributed by atoms with Crippen LogP contribution in [-0.4, -0.2) is 6.10 Å². The van der Waals surface area contributed by atoms with Crippen LogP contribution in [0.2, 0.25) is 0 Å². The smallest absolute Gasteiger partial charge is 0.134 e. The minimum Gasteiger partial charge on any atom is -0.489 e. The molecule has 0 spiro atoms. The van der Waals surface area contributed by atoms with Crippen LogP contribution in [0.25, 0.3) is 0 Å². The Morgan fingerprint density at radius 2 is 2.23 bits per heavy atom. The van der Waals surface area contributed by atoms with Crippen LogP contribution >= 0.6 is 15.9 Å². The number of rotatable bonds is 3. The Labute approximate surface area is 86.2 Å². The lowest BCUT2D eigenvalue weighted by molar-refractivity contribution is 0.301. The van der Waals surface area contributed by atoms with Gasteiger partial charge in [-0.1, -0.05) is 12.1 Å². The summed E-state index contributed by atoms with van der Waals surface area (Å²) in [5.41, 5.74) is 6.68. The van der Waals surface area contributed by atoms with Crippen LogP contribution in [-0.2, 0) is 6.54 Å². The largest absolute Gasteiger partial charge is 0.489 e. The molecule has 2 N–H and O–H groups in total. The average Bonchev–Trinajstić information content (AvgIpc) is 2.92. The normalized spacial score (nSPS) is 15.8. The van der Waals surface area contributed by atoms with E-state index in [2.05, 4.69) is 15.9 Å². The maximum absolute atomic E-state index is 5.70. The number of benzene rings is 1. The number of hydrogen-bond donors (Lipinski definition) is 1. The molecule has 13 heavy (non-hydrogen) atoms. The fourth-order valence-electron chi connectivity index (χ4n) is 1.17. The molecule has 2 rings (SSSR count). The van der Waals surface area contributed by atoms with Crippen molar-refractivity contribution < 1.29 is 4.74 Å². The summed E-state index contributed by atoms with van der Waals surface area (Å²) in [6.45, 7) is 0.544. The standard InChI is InChI=1S/C10H12BrNO/c11-10-7(6-12)2-1-3-9(10)13-8-4-5-8/h1-3,8H,4-6,12H2. The lowest BCUT2D eigenvalue weighted by Crippen LogP contribution is -2.01. The van der Waals surface area contributed by atoms with Crippen LogP contribution < -0.4 is 10.5 Å². The molecular weight excluding hydrogens is 230 g/mol. The lowest BCUT2D eigenvalue weighted by atomic mass is 10.2. The first-order chi connectivity index (χ1) is 6.31. The fraction of sp³-hybridized carbons (Fsp3) is 0.400.